The lowest BCUT2D eigenvalue weighted by Crippen LogP contribution is -2.01. The Bertz CT molecular complexity index is 674. The lowest BCUT2D eigenvalue weighted by molar-refractivity contribution is 0.0697. The van der Waals surface area contributed by atoms with Crippen LogP contribution >= 0.6 is 39.1 Å². The van der Waals surface area contributed by atoms with Gasteiger partial charge in [0.05, 0.1) is 16.3 Å². The molecule has 0 atom stereocenters. The minimum Gasteiger partial charge on any atom is -0.478 e. The van der Waals surface area contributed by atoms with Crippen molar-refractivity contribution < 1.29 is 14.3 Å². The summed E-state index contributed by atoms with van der Waals surface area (Å²) in [5.74, 6) is -1.46. The van der Waals surface area contributed by atoms with E-state index in [4.69, 9.17) is 28.3 Å². The number of benzene rings is 1. The van der Waals surface area contributed by atoms with E-state index in [2.05, 4.69) is 26.2 Å². The van der Waals surface area contributed by atoms with Gasteiger partial charge < -0.3 is 10.4 Å². The van der Waals surface area contributed by atoms with Gasteiger partial charge in [0.2, 0.25) is 0 Å². The number of hydrogen-bond donors (Lipinski definition) is 2. The second kappa shape index (κ2) is 5.95. The Morgan fingerprint density at radius 3 is 2.60 bits per heavy atom. The minimum atomic E-state index is -1.14. The molecule has 1 aromatic carbocycles. The van der Waals surface area contributed by atoms with Gasteiger partial charge in [-0.2, -0.15) is 0 Å². The van der Waals surface area contributed by atoms with Gasteiger partial charge in [-0.25, -0.2) is 14.2 Å². The second-order valence-corrected chi connectivity index (χ2v) is 5.39. The number of carboxylic acids is 1. The summed E-state index contributed by atoms with van der Waals surface area (Å²) in [5.41, 5.74) is 0.334. The van der Waals surface area contributed by atoms with E-state index in [1.54, 1.807) is 0 Å². The maximum Gasteiger partial charge on any atom is 0.335 e. The molecule has 2 N–H and O–H groups in total. The molecule has 1 aromatic heterocycles. The van der Waals surface area contributed by atoms with E-state index in [9.17, 15) is 9.18 Å². The Morgan fingerprint density at radius 1 is 1.30 bits per heavy atom. The molecule has 0 radical (unpaired) electrons. The predicted molar refractivity (Wildman–Crippen MR) is 78.6 cm³/mol. The third-order valence-electron chi connectivity index (χ3n) is 2.30. The maximum absolute atomic E-state index is 13.1. The number of aromatic carboxylic acids is 1. The Kier molecular flexibility index (Phi) is 4.47. The lowest BCUT2D eigenvalue weighted by Gasteiger charge is -2.11. The fourth-order valence-corrected chi connectivity index (χ4v) is 2.58. The van der Waals surface area contributed by atoms with Crippen LogP contribution in [0.2, 0.25) is 10.2 Å². The molecule has 8 heteroatoms. The summed E-state index contributed by atoms with van der Waals surface area (Å²) in [7, 11) is 0. The molecule has 0 bridgehead atoms. The van der Waals surface area contributed by atoms with Crippen LogP contribution in [-0.4, -0.2) is 16.1 Å². The van der Waals surface area contributed by atoms with Gasteiger partial charge in [-0.05, 0) is 40.2 Å². The Balaban J connectivity index is 2.42. The fraction of sp³-hybridized carbons (Fsp3) is 0. The number of carbonyl (C=O) groups is 1. The van der Waals surface area contributed by atoms with Crippen molar-refractivity contribution in [3.63, 3.8) is 0 Å². The molecule has 0 saturated carbocycles. The van der Waals surface area contributed by atoms with Gasteiger partial charge in [-0.15, -0.1) is 0 Å². The Labute approximate surface area is 131 Å². The number of nitrogens with zero attached hydrogens (tertiary/aromatic N) is 1. The van der Waals surface area contributed by atoms with E-state index in [-0.39, 0.29) is 21.6 Å². The van der Waals surface area contributed by atoms with Gasteiger partial charge in [0.15, 0.2) is 0 Å². The maximum atomic E-state index is 13.1. The van der Waals surface area contributed by atoms with Crippen LogP contribution in [0.3, 0.4) is 0 Å². The van der Waals surface area contributed by atoms with Crippen LogP contribution in [0.4, 0.5) is 15.9 Å². The number of carboxylic acid groups (broad SMARTS) is 1. The molecular formula is C12H6BrCl2FN2O2. The van der Waals surface area contributed by atoms with Gasteiger partial charge in [0, 0.05) is 4.47 Å². The van der Waals surface area contributed by atoms with Gasteiger partial charge in [-0.1, -0.05) is 23.2 Å². The van der Waals surface area contributed by atoms with Crippen LogP contribution in [0.15, 0.2) is 28.7 Å². The molecule has 0 fully saturated rings. The van der Waals surface area contributed by atoms with E-state index in [1.165, 1.54) is 18.2 Å². The molecule has 0 spiro atoms. The molecule has 0 unspecified atom stereocenters. The highest BCUT2D eigenvalue weighted by molar-refractivity contribution is 9.10. The van der Waals surface area contributed by atoms with Gasteiger partial charge >= 0.3 is 5.97 Å². The average Bonchev–Trinajstić information content (AvgIpc) is 2.33. The van der Waals surface area contributed by atoms with E-state index < -0.39 is 11.8 Å². The number of pyridine rings is 1. The zero-order valence-electron chi connectivity index (χ0n) is 9.62. The highest BCUT2D eigenvalue weighted by Crippen LogP contribution is 2.34. The molecule has 20 heavy (non-hydrogen) atoms. The van der Waals surface area contributed by atoms with Crippen molar-refractivity contribution in [2.45, 2.75) is 0 Å². The summed E-state index contributed by atoms with van der Waals surface area (Å²) in [4.78, 5) is 14.9. The van der Waals surface area contributed by atoms with E-state index in [1.807, 2.05) is 0 Å². The van der Waals surface area contributed by atoms with E-state index in [0.29, 0.717) is 10.2 Å². The molecule has 2 rings (SSSR count). The van der Waals surface area contributed by atoms with Crippen LogP contribution in [-0.2, 0) is 0 Å². The van der Waals surface area contributed by atoms with Gasteiger partial charge in [0.25, 0.3) is 0 Å². The van der Waals surface area contributed by atoms with Crippen molar-refractivity contribution in [1.82, 2.24) is 4.98 Å². The molecule has 1 heterocycles. The van der Waals surface area contributed by atoms with Gasteiger partial charge in [-0.3, -0.25) is 0 Å². The lowest BCUT2D eigenvalue weighted by atomic mass is 10.2. The summed E-state index contributed by atoms with van der Waals surface area (Å²) in [6.45, 7) is 0. The largest absolute Gasteiger partial charge is 0.478 e. The number of rotatable bonds is 3. The number of nitrogens with one attached hydrogen (secondary N) is 1. The zero-order chi connectivity index (χ0) is 14.9. The van der Waals surface area contributed by atoms with Crippen LogP contribution in [0, 0.1) is 5.82 Å². The minimum absolute atomic E-state index is 0.0155. The number of aromatic nitrogens is 1. The summed E-state index contributed by atoms with van der Waals surface area (Å²) in [5, 5.41) is 11.9. The van der Waals surface area contributed by atoms with Gasteiger partial charge in [0.1, 0.15) is 16.8 Å². The van der Waals surface area contributed by atoms with Crippen molar-refractivity contribution >= 4 is 56.6 Å². The molecule has 0 aliphatic heterocycles. The average molecular weight is 380 g/mol. The standard InChI is InChI=1S/C12H6BrCl2FN2O2/c13-7-3-6(16)4-8(14)11(7)18-10-2-5(12(19)20)1-9(15)17-10/h1-4H,(H,17,18)(H,19,20). The molecule has 104 valence electrons. The molecule has 0 amide bonds. The zero-order valence-corrected chi connectivity index (χ0v) is 12.7. The predicted octanol–water partition coefficient (Wildman–Crippen LogP) is 4.73. The number of hydrogen-bond acceptors (Lipinski definition) is 3. The van der Waals surface area contributed by atoms with E-state index in [0.717, 1.165) is 6.07 Å². The summed E-state index contributed by atoms with van der Waals surface area (Å²) in [6, 6.07) is 4.85. The van der Waals surface area contributed by atoms with Crippen LogP contribution in [0.5, 0.6) is 0 Å². The highest BCUT2D eigenvalue weighted by Gasteiger charge is 2.12. The Morgan fingerprint density at radius 2 is 2.00 bits per heavy atom. The van der Waals surface area contributed by atoms with Crippen molar-refractivity contribution in [3.8, 4) is 0 Å². The first-order chi connectivity index (χ1) is 9.36. The number of anilines is 2. The van der Waals surface area contributed by atoms with Crippen molar-refractivity contribution in [3.05, 3.63) is 50.3 Å². The highest BCUT2D eigenvalue weighted by atomic mass is 79.9. The van der Waals surface area contributed by atoms with E-state index >= 15 is 0 Å². The fourth-order valence-electron chi connectivity index (χ4n) is 1.47. The second-order valence-electron chi connectivity index (χ2n) is 3.74. The van der Waals surface area contributed by atoms with Crippen LogP contribution < -0.4 is 5.32 Å². The normalized spacial score (nSPS) is 10.4. The smallest absolute Gasteiger partial charge is 0.335 e. The molecule has 0 saturated heterocycles. The first-order valence-electron chi connectivity index (χ1n) is 5.19. The third kappa shape index (κ3) is 3.39. The molecule has 2 aromatic rings. The van der Waals surface area contributed by atoms with Crippen molar-refractivity contribution in [2.24, 2.45) is 0 Å². The summed E-state index contributed by atoms with van der Waals surface area (Å²) < 4.78 is 13.5. The van der Waals surface area contributed by atoms with Crippen molar-refractivity contribution in [2.75, 3.05) is 5.32 Å². The first kappa shape index (κ1) is 15.0. The monoisotopic (exact) mass is 378 g/mol. The summed E-state index contributed by atoms with van der Waals surface area (Å²) >= 11 is 14.8. The molecule has 0 aliphatic rings. The quantitative estimate of drug-likeness (QED) is 0.756. The third-order valence-corrected chi connectivity index (χ3v) is 3.42. The molecule has 4 nitrogen and oxygen atoms in total. The first-order valence-corrected chi connectivity index (χ1v) is 6.74. The summed E-state index contributed by atoms with van der Waals surface area (Å²) in [6.07, 6.45) is 0. The van der Waals surface area contributed by atoms with Crippen LogP contribution in [0.25, 0.3) is 0 Å². The number of halogens is 4. The molecule has 0 aliphatic carbocycles. The SMILES string of the molecule is O=C(O)c1cc(Cl)nc(Nc2c(Cl)cc(F)cc2Br)c1. The van der Waals surface area contributed by atoms with Crippen LogP contribution in [0.1, 0.15) is 10.4 Å². The van der Waals surface area contributed by atoms with Crippen molar-refractivity contribution in [1.29, 1.82) is 0 Å². The topological polar surface area (TPSA) is 62.2 Å². The Hall–Kier alpha value is -1.37. The molecular weight excluding hydrogens is 374 g/mol.